The first kappa shape index (κ1) is 15.3. The van der Waals surface area contributed by atoms with Crippen LogP contribution in [0.2, 0.25) is 0 Å². The maximum Gasteiger partial charge on any atom is 0.345 e. The normalized spacial score (nSPS) is 20.5. The van der Waals surface area contributed by atoms with Crippen LogP contribution in [0, 0.1) is 0 Å². The number of halogens is 1. The predicted octanol–water partition coefficient (Wildman–Crippen LogP) is 2.96. The molecule has 0 radical (unpaired) electrons. The van der Waals surface area contributed by atoms with Crippen molar-refractivity contribution >= 4 is 28.5 Å². The molecule has 1 aliphatic heterocycles. The number of esters is 1. The van der Waals surface area contributed by atoms with E-state index >= 15 is 0 Å². The molecule has 2 aromatic carbocycles. The van der Waals surface area contributed by atoms with E-state index in [2.05, 4.69) is 10.1 Å². The third-order valence-corrected chi connectivity index (χ3v) is 4.09. The molecule has 0 spiro atoms. The van der Waals surface area contributed by atoms with E-state index in [4.69, 9.17) is 0 Å². The number of benzene rings is 2. The maximum absolute atomic E-state index is 14.4. The van der Waals surface area contributed by atoms with E-state index in [1.54, 1.807) is 6.07 Å². The quantitative estimate of drug-likeness (QED) is 0.867. The van der Waals surface area contributed by atoms with Gasteiger partial charge in [-0.15, -0.1) is 0 Å². The number of hydrogen-bond acceptors (Lipinski definition) is 3. The highest BCUT2D eigenvalue weighted by Crippen LogP contribution is 2.28. The van der Waals surface area contributed by atoms with Gasteiger partial charge in [-0.25, -0.2) is 14.0 Å². The Hall–Kier alpha value is -2.63. The molecule has 120 valence electrons. The van der Waals surface area contributed by atoms with Crippen molar-refractivity contribution in [2.24, 2.45) is 0 Å². The van der Waals surface area contributed by atoms with Gasteiger partial charge in [0.1, 0.15) is 0 Å². The van der Waals surface area contributed by atoms with Crippen molar-refractivity contribution in [3.63, 3.8) is 0 Å². The topological polar surface area (TPSA) is 58.6 Å². The number of nitrogens with zero attached hydrogens (tertiary/aromatic N) is 1. The molecule has 0 aromatic heterocycles. The highest BCUT2D eigenvalue weighted by atomic mass is 19.1. The van der Waals surface area contributed by atoms with Crippen LogP contribution >= 0.6 is 0 Å². The third kappa shape index (κ3) is 2.84. The summed E-state index contributed by atoms with van der Waals surface area (Å²) in [6, 6.07) is 12.8. The van der Waals surface area contributed by atoms with Crippen LogP contribution in [0.25, 0.3) is 10.8 Å². The van der Waals surface area contributed by atoms with Crippen LogP contribution in [0.15, 0.2) is 42.5 Å². The fourth-order valence-corrected chi connectivity index (χ4v) is 2.82. The van der Waals surface area contributed by atoms with Crippen molar-refractivity contribution in [2.75, 3.05) is 25.5 Å². The number of rotatable bonds is 2. The summed E-state index contributed by atoms with van der Waals surface area (Å²) in [5.74, 6) is -0.932. The molecule has 5 nitrogen and oxygen atoms in total. The Morgan fingerprint density at radius 1 is 1.22 bits per heavy atom. The molecular formula is C17H17FN2O3. The van der Waals surface area contributed by atoms with Crippen molar-refractivity contribution in [1.29, 1.82) is 0 Å². The van der Waals surface area contributed by atoms with E-state index in [0.717, 1.165) is 17.9 Å². The summed E-state index contributed by atoms with van der Waals surface area (Å²) < 4.78 is 18.9. The average Bonchev–Trinajstić information content (AvgIpc) is 2.98. The zero-order chi connectivity index (χ0) is 16.4. The Bertz CT molecular complexity index is 759. The summed E-state index contributed by atoms with van der Waals surface area (Å²) in [5.41, 5.74) is -1.47. The van der Waals surface area contributed by atoms with Gasteiger partial charge in [0, 0.05) is 18.4 Å². The summed E-state index contributed by atoms with van der Waals surface area (Å²) in [6.45, 7) is -0.127. The van der Waals surface area contributed by atoms with Gasteiger partial charge < -0.3 is 15.0 Å². The Morgan fingerprint density at radius 2 is 1.96 bits per heavy atom. The number of likely N-dealkylation sites (tertiary alicyclic amines) is 1. The lowest BCUT2D eigenvalue weighted by atomic mass is 10.1. The fourth-order valence-electron chi connectivity index (χ4n) is 2.82. The lowest BCUT2D eigenvalue weighted by molar-refractivity contribution is -0.153. The molecule has 1 fully saturated rings. The number of carbonyl (C=O) groups excluding carboxylic acids is 2. The van der Waals surface area contributed by atoms with Crippen molar-refractivity contribution in [3.05, 3.63) is 42.5 Å². The largest absolute Gasteiger partial charge is 0.467 e. The second-order valence-corrected chi connectivity index (χ2v) is 5.59. The van der Waals surface area contributed by atoms with E-state index in [-0.39, 0.29) is 19.5 Å². The number of alkyl halides is 1. The van der Waals surface area contributed by atoms with Crippen LogP contribution in [0.3, 0.4) is 0 Å². The van der Waals surface area contributed by atoms with E-state index in [9.17, 15) is 14.0 Å². The Kier molecular flexibility index (Phi) is 3.90. The van der Waals surface area contributed by atoms with Gasteiger partial charge in [0.15, 0.2) is 0 Å². The maximum atomic E-state index is 14.4. The summed E-state index contributed by atoms with van der Waals surface area (Å²) in [4.78, 5) is 25.1. The number of methoxy groups -OCH3 is 1. The summed E-state index contributed by atoms with van der Waals surface area (Å²) in [7, 11) is 1.14. The van der Waals surface area contributed by atoms with E-state index in [1.807, 2.05) is 36.4 Å². The Balaban J connectivity index is 1.76. The number of urea groups is 1. The van der Waals surface area contributed by atoms with Gasteiger partial charge in [-0.3, -0.25) is 0 Å². The summed E-state index contributed by atoms with van der Waals surface area (Å²) >= 11 is 0. The summed E-state index contributed by atoms with van der Waals surface area (Å²) in [5, 5.41) is 4.70. The van der Waals surface area contributed by atoms with Crippen LogP contribution in [0.1, 0.15) is 6.42 Å². The van der Waals surface area contributed by atoms with Gasteiger partial charge >= 0.3 is 12.0 Å². The van der Waals surface area contributed by atoms with Crippen LogP contribution < -0.4 is 5.32 Å². The number of nitrogens with one attached hydrogen (secondary N) is 1. The van der Waals surface area contributed by atoms with Gasteiger partial charge in [0.25, 0.3) is 0 Å². The number of hydrogen-bond donors (Lipinski definition) is 1. The van der Waals surface area contributed by atoms with Gasteiger partial charge in [-0.1, -0.05) is 36.4 Å². The Morgan fingerprint density at radius 3 is 2.74 bits per heavy atom. The first-order valence-electron chi connectivity index (χ1n) is 7.34. The molecule has 0 saturated carbocycles. The minimum absolute atomic E-state index is 0.0529. The average molecular weight is 316 g/mol. The molecule has 1 heterocycles. The second kappa shape index (κ2) is 5.87. The molecule has 0 bridgehead atoms. The smallest absolute Gasteiger partial charge is 0.345 e. The van der Waals surface area contributed by atoms with E-state index in [0.29, 0.717) is 5.69 Å². The number of ether oxygens (including phenoxy) is 1. The number of amides is 2. The standard InChI is InChI=1S/C17H17FN2O3/c1-23-15(21)17(18)9-10-20(11-17)16(22)19-14-8-4-6-12-5-2-3-7-13(12)14/h2-8H,9-11H2,1H3,(H,19,22). The zero-order valence-corrected chi connectivity index (χ0v) is 12.7. The second-order valence-electron chi connectivity index (χ2n) is 5.59. The van der Waals surface area contributed by atoms with Crippen molar-refractivity contribution < 1.29 is 18.7 Å². The fraction of sp³-hybridized carbons (Fsp3) is 0.294. The monoisotopic (exact) mass is 316 g/mol. The first-order chi connectivity index (χ1) is 11.0. The SMILES string of the molecule is COC(=O)C1(F)CCN(C(=O)Nc2cccc3ccccc23)C1. The van der Waals surface area contributed by atoms with E-state index in [1.165, 1.54) is 4.90 Å². The number of anilines is 1. The lowest BCUT2D eigenvalue weighted by Crippen LogP contribution is -2.41. The molecule has 1 atom stereocenters. The molecule has 1 unspecified atom stereocenters. The van der Waals surface area contributed by atoms with E-state index < -0.39 is 17.7 Å². The molecule has 2 amide bonds. The number of carbonyl (C=O) groups is 2. The minimum atomic E-state index is -2.12. The molecule has 23 heavy (non-hydrogen) atoms. The van der Waals surface area contributed by atoms with Gasteiger partial charge in [-0.2, -0.15) is 0 Å². The zero-order valence-electron chi connectivity index (χ0n) is 12.7. The van der Waals surface area contributed by atoms with Gasteiger partial charge in [0.05, 0.1) is 19.3 Å². The number of fused-ring (bicyclic) bond motifs is 1. The molecule has 1 N–H and O–H groups in total. The van der Waals surface area contributed by atoms with Crippen molar-refractivity contribution in [2.45, 2.75) is 12.1 Å². The van der Waals surface area contributed by atoms with Crippen LogP contribution in [-0.4, -0.2) is 42.8 Å². The van der Waals surface area contributed by atoms with Crippen molar-refractivity contribution in [3.8, 4) is 0 Å². The van der Waals surface area contributed by atoms with Gasteiger partial charge in [-0.05, 0) is 11.5 Å². The molecule has 2 aromatic rings. The Labute approximate surface area is 133 Å². The van der Waals surface area contributed by atoms with Crippen LogP contribution in [-0.2, 0) is 9.53 Å². The van der Waals surface area contributed by atoms with Crippen LogP contribution in [0.5, 0.6) is 0 Å². The third-order valence-electron chi connectivity index (χ3n) is 4.09. The highest BCUT2D eigenvalue weighted by Gasteiger charge is 2.47. The molecule has 3 rings (SSSR count). The molecule has 0 aliphatic carbocycles. The van der Waals surface area contributed by atoms with Gasteiger partial charge in [0.2, 0.25) is 5.67 Å². The molecular weight excluding hydrogens is 299 g/mol. The lowest BCUT2D eigenvalue weighted by Gasteiger charge is -2.20. The van der Waals surface area contributed by atoms with Crippen LogP contribution in [0.4, 0.5) is 14.9 Å². The summed E-state index contributed by atoms with van der Waals surface area (Å²) in [6.07, 6.45) is -0.0529. The predicted molar refractivity (Wildman–Crippen MR) is 85.0 cm³/mol. The molecule has 6 heteroatoms. The minimum Gasteiger partial charge on any atom is -0.467 e. The van der Waals surface area contributed by atoms with Crippen molar-refractivity contribution in [1.82, 2.24) is 4.90 Å². The molecule has 1 aliphatic rings. The molecule has 1 saturated heterocycles. The highest BCUT2D eigenvalue weighted by molar-refractivity contribution is 6.01. The first-order valence-corrected chi connectivity index (χ1v) is 7.34.